The van der Waals surface area contributed by atoms with Crippen LogP contribution in [-0.2, 0) is 0 Å². The first-order chi connectivity index (χ1) is 8.16. The van der Waals surface area contributed by atoms with Gasteiger partial charge in [-0.1, -0.05) is 11.6 Å². The molecule has 1 aliphatic heterocycles. The van der Waals surface area contributed by atoms with Gasteiger partial charge in [0.05, 0.1) is 5.56 Å². The van der Waals surface area contributed by atoms with Gasteiger partial charge in [0.25, 0.3) is 5.91 Å². The number of nitrogens with one attached hydrogen (secondary N) is 2. The molecular weight excluding hydrogens is 252 g/mol. The third-order valence-electron chi connectivity index (χ3n) is 3.03. The Morgan fingerprint density at radius 3 is 2.94 bits per heavy atom. The summed E-state index contributed by atoms with van der Waals surface area (Å²) in [5.41, 5.74) is 1.32. The topological polar surface area (TPSA) is 61.4 Å². The summed E-state index contributed by atoms with van der Waals surface area (Å²) in [6.45, 7) is 3.72. The third-order valence-corrected chi connectivity index (χ3v) is 3.03. The Balaban J connectivity index is 0.00000162. The molecule has 0 bridgehead atoms. The number of phenols is 1. The Morgan fingerprint density at radius 2 is 2.28 bits per heavy atom. The molecule has 0 aliphatic carbocycles. The summed E-state index contributed by atoms with van der Waals surface area (Å²) in [5.74, 6) is -0.156. The summed E-state index contributed by atoms with van der Waals surface area (Å²) in [6.07, 6.45) is 2.07. The molecule has 1 aliphatic rings. The monoisotopic (exact) mass is 270 g/mol. The molecule has 2 rings (SSSR count). The molecule has 1 fully saturated rings. The van der Waals surface area contributed by atoms with Crippen LogP contribution in [-0.4, -0.2) is 30.1 Å². The van der Waals surface area contributed by atoms with Crippen molar-refractivity contribution in [3.63, 3.8) is 0 Å². The maximum absolute atomic E-state index is 12.0. The van der Waals surface area contributed by atoms with Crippen LogP contribution in [0.25, 0.3) is 0 Å². The van der Waals surface area contributed by atoms with Crippen molar-refractivity contribution in [1.29, 1.82) is 0 Å². The quantitative estimate of drug-likeness (QED) is 0.765. The number of benzene rings is 1. The lowest BCUT2D eigenvalue weighted by Crippen LogP contribution is -2.45. The molecule has 1 saturated heterocycles. The number of piperidine rings is 1. The molecule has 1 atom stereocenters. The molecule has 0 spiro atoms. The van der Waals surface area contributed by atoms with Crippen LogP contribution in [0.15, 0.2) is 18.2 Å². The number of phenolic OH excluding ortho intramolecular Hbond substituents is 1. The lowest BCUT2D eigenvalue weighted by Gasteiger charge is -2.24. The predicted molar refractivity (Wildman–Crippen MR) is 73.4 cm³/mol. The highest BCUT2D eigenvalue weighted by atomic mass is 35.5. The highest BCUT2D eigenvalue weighted by Crippen LogP contribution is 2.18. The molecule has 4 nitrogen and oxygen atoms in total. The normalized spacial score (nSPS) is 18.8. The van der Waals surface area contributed by atoms with Gasteiger partial charge < -0.3 is 15.7 Å². The van der Waals surface area contributed by atoms with E-state index in [0.29, 0.717) is 5.56 Å². The predicted octanol–water partition coefficient (Wildman–Crippen LogP) is 1.60. The van der Waals surface area contributed by atoms with Crippen molar-refractivity contribution in [2.24, 2.45) is 0 Å². The number of amides is 1. The minimum absolute atomic E-state index is 0. The first-order valence-corrected chi connectivity index (χ1v) is 5.98. The van der Waals surface area contributed by atoms with Crippen molar-refractivity contribution in [1.82, 2.24) is 10.6 Å². The molecule has 0 saturated carbocycles. The fourth-order valence-corrected chi connectivity index (χ4v) is 2.07. The zero-order chi connectivity index (χ0) is 12.3. The molecule has 1 heterocycles. The molecule has 3 N–H and O–H groups in total. The van der Waals surface area contributed by atoms with Crippen molar-refractivity contribution in [2.45, 2.75) is 25.8 Å². The Morgan fingerprint density at radius 1 is 1.50 bits per heavy atom. The van der Waals surface area contributed by atoms with E-state index in [-0.39, 0.29) is 30.1 Å². The number of carbonyl (C=O) groups excluding carboxylic acids is 1. The minimum Gasteiger partial charge on any atom is -0.507 e. The van der Waals surface area contributed by atoms with Gasteiger partial charge in [-0.05, 0) is 38.4 Å². The molecule has 1 aromatic carbocycles. The van der Waals surface area contributed by atoms with Crippen LogP contribution in [0.5, 0.6) is 5.75 Å². The van der Waals surface area contributed by atoms with Crippen molar-refractivity contribution in [3.8, 4) is 5.75 Å². The second-order valence-corrected chi connectivity index (χ2v) is 4.54. The minimum atomic E-state index is -0.195. The van der Waals surface area contributed by atoms with Gasteiger partial charge in [0, 0.05) is 12.6 Å². The van der Waals surface area contributed by atoms with E-state index in [2.05, 4.69) is 10.6 Å². The van der Waals surface area contributed by atoms with E-state index in [9.17, 15) is 9.90 Å². The van der Waals surface area contributed by atoms with E-state index in [1.807, 2.05) is 6.92 Å². The molecule has 18 heavy (non-hydrogen) atoms. The van der Waals surface area contributed by atoms with Crippen molar-refractivity contribution in [3.05, 3.63) is 29.3 Å². The fraction of sp³-hybridized carbons (Fsp3) is 0.462. The Bertz CT molecular complexity index is 417. The van der Waals surface area contributed by atoms with Crippen LogP contribution in [0, 0.1) is 6.92 Å². The smallest absolute Gasteiger partial charge is 0.255 e. The lowest BCUT2D eigenvalue weighted by atomic mass is 10.1. The van der Waals surface area contributed by atoms with Crippen LogP contribution in [0.1, 0.15) is 28.8 Å². The van der Waals surface area contributed by atoms with Gasteiger partial charge >= 0.3 is 0 Å². The van der Waals surface area contributed by atoms with Crippen molar-refractivity contribution >= 4 is 18.3 Å². The third kappa shape index (κ3) is 3.62. The van der Waals surface area contributed by atoms with Crippen LogP contribution in [0.2, 0.25) is 0 Å². The van der Waals surface area contributed by atoms with Crippen LogP contribution < -0.4 is 10.6 Å². The van der Waals surface area contributed by atoms with Gasteiger partial charge in [-0.2, -0.15) is 0 Å². The van der Waals surface area contributed by atoms with E-state index in [1.54, 1.807) is 18.2 Å². The summed E-state index contributed by atoms with van der Waals surface area (Å²) in [4.78, 5) is 12.0. The molecule has 0 aromatic heterocycles. The van der Waals surface area contributed by atoms with Gasteiger partial charge in [-0.25, -0.2) is 0 Å². The van der Waals surface area contributed by atoms with Gasteiger partial charge in [0.15, 0.2) is 0 Å². The molecule has 1 amide bonds. The van der Waals surface area contributed by atoms with Gasteiger partial charge in [0.2, 0.25) is 0 Å². The Hall–Kier alpha value is -1.26. The number of aryl methyl sites for hydroxylation is 1. The standard InChI is InChI=1S/C13H18N2O2.ClH/c1-9-4-5-12(16)11(7-9)13(17)15-10-3-2-6-14-8-10;/h4-5,7,10,14,16H,2-3,6,8H2,1H3,(H,15,17);1H. The molecule has 5 heteroatoms. The number of hydrogen-bond donors (Lipinski definition) is 3. The highest BCUT2D eigenvalue weighted by Gasteiger charge is 2.18. The summed E-state index contributed by atoms with van der Waals surface area (Å²) in [7, 11) is 0. The largest absolute Gasteiger partial charge is 0.507 e. The molecular formula is C13H19ClN2O2. The maximum atomic E-state index is 12.0. The zero-order valence-electron chi connectivity index (χ0n) is 10.4. The maximum Gasteiger partial charge on any atom is 0.255 e. The fourth-order valence-electron chi connectivity index (χ4n) is 2.07. The van der Waals surface area contributed by atoms with Crippen LogP contribution in [0.3, 0.4) is 0 Å². The number of rotatable bonds is 2. The van der Waals surface area contributed by atoms with E-state index in [4.69, 9.17) is 0 Å². The zero-order valence-corrected chi connectivity index (χ0v) is 11.2. The van der Waals surface area contributed by atoms with Crippen molar-refractivity contribution in [2.75, 3.05) is 13.1 Å². The molecule has 1 unspecified atom stereocenters. The first kappa shape index (κ1) is 14.8. The van der Waals surface area contributed by atoms with Gasteiger partial charge in [-0.3, -0.25) is 4.79 Å². The SMILES string of the molecule is Cc1ccc(O)c(C(=O)NC2CCCNC2)c1.Cl. The lowest BCUT2D eigenvalue weighted by molar-refractivity contribution is 0.0928. The van der Waals surface area contributed by atoms with E-state index < -0.39 is 0 Å². The van der Waals surface area contributed by atoms with Crippen molar-refractivity contribution < 1.29 is 9.90 Å². The summed E-state index contributed by atoms with van der Waals surface area (Å²) < 4.78 is 0. The second kappa shape index (κ2) is 6.61. The Kier molecular flexibility index (Phi) is 5.44. The number of hydrogen-bond acceptors (Lipinski definition) is 3. The van der Waals surface area contributed by atoms with E-state index in [1.165, 1.54) is 0 Å². The van der Waals surface area contributed by atoms with E-state index in [0.717, 1.165) is 31.5 Å². The average molecular weight is 271 g/mol. The summed E-state index contributed by atoms with van der Waals surface area (Å²) in [5, 5.41) is 15.8. The van der Waals surface area contributed by atoms with Gasteiger partial charge in [0.1, 0.15) is 5.75 Å². The molecule has 0 radical (unpaired) electrons. The molecule has 1 aromatic rings. The number of halogens is 1. The second-order valence-electron chi connectivity index (χ2n) is 4.54. The Labute approximate surface area is 113 Å². The van der Waals surface area contributed by atoms with Crippen LogP contribution >= 0.6 is 12.4 Å². The first-order valence-electron chi connectivity index (χ1n) is 5.98. The summed E-state index contributed by atoms with van der Waals surface area (Å²) in [6, 6.07) is 5.22. The van der Waals surface area contributed by atoms with Crippen LogP contribution in [0.4, 0.5) is 0 Å². The van der Waals surface area contributed by atoms with Gasteiger partial charge in [-0.15, -0.1) is 12.4 Å². The number of aromatic hydroxyl groups is 1. The molecule has 100 valence electrons. The highest BCUT2D eigenvalue weighted by molar-refractivity contribution is 5.97. The number of carbonyl (C=O) groups is 1. The average Bonchev–Trinajstić information content (AvgIpc) is 2.33. The van der Waals surface area contributed by atoms with E-state index >= 15 is 0 Å². The summed E-state index contributed by atoms with van der Waals surface area (Å²) >= 11 is 0.